The first-order chi connectivity index (χ1) is 13.7. The van der Waals surface area contributed by atoms with Gasteiger partial charge in [-0.1, -0.05) is 80.6 Å². The zero-order valence-corrected chi connectivity index (χ0v) is 17.9. The van der Waals surface area contributed by atoms with Crippen molar-refractivity contribution in [2.24, 2.45) is 4.99 Å². The predicted molar refractivity (Wildman–Crippen MR) is 118 cm³/mol. The van der Waals surface area contributed by atoms with Gasteiger partial charge < -0.3 is 4.74 Å². The smallest absolute Gasteiger partial charge is 0.134 e. The Labute approximate surface area is 176 Å². The zero-order valence-electron chi connectivity index (χ0n) is 16.3. The van der Waals surface area contributed by atoms with E-state index in [1.165, 1.54) is 43.7 Å². The molecule has 150 valence electrons. The van der Waals surface area contributed by atoms with Gasteiger partial charge in [-0.25, -0.2) is 4.39 Å². The molecule has 0 aliphatic carbocycles. The van der Waals surface area contributed by atoms with E-state index in [0.29, 0.717) is 22.2 Å². The molecule has 0 aromatic heterocycles. The van der Waals surface area contributed by atoms with Crippen LogP contribution in [0.15, 0.2) is 47.5 Å². The van der Waals surface area contributed by atoms with Gasteiger partial charge in [0.05, 0.1) is 29.0 Å². The molecule has 0 amide bonds. The third-order valence-electron chi connectivity index (χ3n) is 4.85. The molecule has 0 N–H and O–H groups in total. The highest BCUT2D eigenvalue weighted by Crippen LogP contribution is 2.40. The molecule has 0 saturated heterocycles. The van der Waals surface area contributed by atoms with Gasteiger partial charge in [-0.2, -0.15) is 0 Å². The monoisotopic (exact) mass is 419 g/mol. The van der Waals surface area contributed by atoms with Gasteiger partial charge >= 0.3 is 0 Å². The number of aliphatic imine (C=N–C) groups is 1. The quantitative estimate of drug-likeness (QED) is 0.373. The summed E-state index contributed by atoms with van der Waals surface area (Å²) in [7, 11) is 0. The molecule has 0 bridgehead atoms. The topological polar surface area (TPSA) is 21.6 Å². The maximum absolute atomic E-state index is 14.1. The fourth-order valence-corrected chi connectivity index (χ4v) is 4.73. The molecule has 1 aliphatic rings. The third-order valence-corrected chi connectivity index (χ3v) is 6.43. The van der Waals surface area contributed by atoms with Crippen molar-refractivity contribution < 1.29 is 9.13 Å². The molecule has 5 heteroatoms. The number of thioether (sulfide) groups is 1. The highest BCUT2D eigenvalue weighted by atomic mass is 35.5. The summed E-state index contributed by atoms with van der Waals surface area (Å²) < 4.78 is 20.0. The maximum atomic E-state index is 14.1. The van der Waals surface area contributed by atoms with Crippen molar-refractivity contribution in [2.45, 2.75) is 50.7 Å². The number of ether oxygens (including phenoxy) is 1. The van der Waals surface area contributed by atoms with Crippen LogP contribution in [0.4, 0.5) is 4.39 Å². The lowest BCUT2D eigenvalue weighted by molar-refractivity contribution is 0.304. The number of benzene rings is 2. The second-order valence-electron chi connectivity index (χ2n) is 7.03. The van der Waals surface area contributed by atoms with Gasteiger partial charge in [0.2, 0.25) is 0 Å². The zero-order chi connectivity index (χ0) is 19.8. The third kappa shape index (κ3) is 5.74. The molecular formula is C23H27ClFNOS. The summed E-state index contributed by atoms with van der Waals surface area (Å²) in [6, 6.07) is 12.9. The van der Waals surface area contributed by atoms with Crippen LogP contribution in [0.25, 0.3) is 0 Å². The lowest BCUT2D eigenvalue weighted by Gasteiger charge is -2.11. The number of halogens is 2. The maximum Gasteiger partial charge on any atom is 0.134 e. The number of nitrogens with zero attached hydrogens (tertiary/aromatic N) is 1. The van der Waals surface area contributed by atoms with Gasteiger partial charge in [-0.15, -0.1) is 0 Å². The normalized spacial score (nSPS) is 16.2. The molecule has 1 heterocycles. The Morgan fingerprint density at radius 1 is 1.07 bits per heavy atom. The molecule has 2 aromatic carbocycles. The Morgan fingerprint density at radius 2 is 1.82 bits per heavy atom. The lowest BCUT2D eigenvalue weighted by Crippen LogP contribution is -2.00. The minimum Gasteiger partial charge on any atom is -0.494 e. The molecule has 1 unspecified atom stereocenters. The van der Waals surface area contributed by atoms with Crippen molar-refractivity contribution in [1.82, 2.24) is 0 Å². The Bertz CT molecular complexity index is 773. The molecule has 1 aliphatic heterocycles. The molecule has 0 saturated carbocycles. The van der Waals surface area contributed by atoms with Gasteiger partial charge in [0.15, 0.2) is 0 Å². The first-order valence-electron chi connectivity index (χ1n) is 10.1. The van der Waals surface area contributed by atoms with Crippen molar-refractivity contribution >= 4 is 28.4 Å². The van der Waals surface area contributed by atoms with Crippen molar-refractivity contribution in [2.75, 3.05) is 13.2 Å². The second-order valence-corrected chi connectivity index (χ2v) is 8.63. The minimum absolute atomic E-state index is 0.179. The second kappa shape index (κ2) is 10.9. The molecule has 2 aromatic rings. The minimum atomic E-state index is -0.321. The summed E-state index contributed by atoms with van der Waals surface area (Å²) in [6.07, 6.45) is 7.56. The van der Waals surface area contributed by atoms with Crippen molar-refractivity contribution in [1.29, 1.82) is 0 Å². The summed E-state index contributed by atoms with van der Waals surface area (Å²) in [5.41, 5.74) is 1.58. The van der Waals surface area contributed by atoms with Gasteiger partial charge in [-0.05, 0) is 36.2 Å². The van der Waals surface area contributed by atoms with Crippen LogP contribution in [0.2, 0.25) is 5.02 Å². The average molecular weight is 420 g/mol. The molecule has 1 atom stereocenters. The largest absolute Gasteiger partial charge is 0.494 e. The average Bonchev–Trinajstić information content (AvgIpc) is 3.17. The standard InChI is InChI=1S/C23H27ClFNOS/c1-2-3-4-5-6-7-15-27-18-13-11-17(12-14-18)21-16-26-23(28-21)22-19(24)9-8-10-20(22)25/h8-14,21H,2-7,15-16H2,1H3. The van der Waals surface area contributed by atoms with Gasteiger partial charge in [0.25, 0.3) is 0 Å². The van der Waals surface area contributed by atoms with Gasteiger partial charge in [0.1, 0.15) is 16.6 Å². The van der Waals surface area contributed by atoms with E-state index in [1.807, 2.05) is 12.1 Å². The lowest BCUT2D eigenvalue weighted by atomic mass is 10.1. The fourth-order valence-electron chi connectivity index (χ4n) is 3.24. The van der Waals surface area contributed by atoms with E-state index in [9.17, 15) is 4.39 Å². The van der Waals surface area contributed by atoms with Crippen molar-refractivity contribution in [3.63, 3.8) is 0 Å². The summed E-state index contributed by atoms with van der Waals surface area (Å²) in [6.45, 7) is 3.63. The van der Waals surface area contributed by atoms with E-state index in [4.69, 9.17) is 16.3 Å². The van der Waals surface area contributed by atoms with E-state index >= 15 is 0 Å². The van der Waals surface area contributed by atoms with Crippen LogP contribution in [0.5, 0.6) is 5.75 Å². The Morgan fingerprint density at radius 3 is 2.57 bits per heavy atom. The Kier molecular flexibility index (Phi) is 8.23. The molecule has 0 spiro atoms. The number of hydrogen-bond donors (Lipinski definition) is 0. The van der Waals surface area contributed by atoms with E-state index in [2.05, 4.69) is 24.0 Å². The first-order valence-corrected chi connectivity index (χ1v) is 11.3. The summed E-state index contributed by atoms with van der Waals surface area (Å²) in [5, 5.41) is 1.26. The van der Waals surface area contributed by atoms with Gasteiger partial charge in [-0.3, -0.25) is 4.99 Å². The van der Waals surface area contributed by atoms with Crippen LogP contribution in [-0.2, 0) is 0 Å². The summed E-state index contributed by atoms with van der Waals surface area (Å²) >= 11 is 7.74. The molecule has 28 heavy (non-hydrogen) atoms. The van der Waals surface area contributed by atoms with Crippen LogP contribution in [-0.4, -0.2) is 18.2 Å². The highest BCUT2D eigenvalue weighted by Gasteiger charge is 2.25. The SMILES string of the molecule is CCCCCCCCOc1ccc(C2CN=C(c3c(F)cccc3Cl)S2)cc1. The van der Waals surface area contributed by atoms with E-state index in [-0.39, 0.29) is 11.1 Å². The van der Waals surface area contributed by atoms with Crippen molar-refractivity contribution in [3.8, 4) is 5.75 Å². The van der Waals surface area contributed by atoms with Crippen LogP contribution in [0.3, 0.4) is 0 Å². The van der Waals surface area contributed by atoms with Crippen LogP contribution in [0, 0.1) is 5.82 Å². The van der Waals surface area contributed by atoms with E-state index < -0.39 is 0 Å². The number of hydrogen-bond acceptors (Lipinski definition) is 3. The highest BCUT2D eigenvalue weighted by molar-refractivity contribution is 8.14. The van der Waals surface area contributed by atoms with Crippen LogP contribution >= 0.6 is 23.4 Å². The summed E-state index contributed by atoms with van der Waals surface area (Å²) in [4.78, 5) is 4.52. The van der Waals surface area contributed by atoms with Crippen LogP contribution in [0.1, 0.15) is 61.8 Å². The van der Waals surface area contributed by atoms with E-state index in [0.717, 1.165) is 18.8 Å². The van der Waals surface area contributed by atoms with E-state index in [1.54, 1.807) is 23.9 Å². The molecule has 2 nitrogen and oxygen atoms in total. The van der Waals surface area contributed by atoms with Crippen LogP contribution < -0.4 is 4.74 Å². The molecule has 3 rings (SSSR count). The summed E-state index contributed by atoms with van der Waals surface area (Å²) in [5.74, 6) is 0.580. The Hall–Kier alpha value is -1.52. The number of rotatable bonds is 10. The molecule has 0 fully saturated rings. The predicted octanol–water partition coefficient (Wildman–Crippen LogP) is 7.45. The Balaban J connectivity index is 1.47. The fraction of sp³-hybridized carbons (Fsp3) is 0.435. The number of unbranched alkanes of at least 4 members (excludes halogenated alkanes) is 5. The van der Waals surface area contributed by atoms with Gasteiger partial charge in [0, 0.05) is 0 Å². The molecular weight excluding hydrogens is 393 g/mol. The molecule has 0 radical (unpaired) electrons. The first kappa shape index (κ1) is 21.2. The van der Waals surface area contributed by atoms with Crippen molar-refractivity contribution in [3.05, 3.63) is 64.4 Å².